The van der Waals surface area contributed by atoms with Gasteiger partial charge in [0.25, 0.3) is 0 Å². The molecule has 0 radical (unpaired) electrons. The lowest BCUT2D eigenvalue weighted by atomic mass is 9.93. The van der Waals surface area contributed by atoms with Gasteiger partial charge in [0.1, 0.15) is 5.54 Å². The first-order chi connectivity index (χ1) is 9.51. The number of aromatic nitrogens is 2. The lowest BCUT2D eigenvalue weighted by Crippen LogP contribution is -2.55. The maximum absolute atomic E-state index is 12.4. The normalized spacial score (nSPS) is 23.6. The summed E-state index contributed by atoms with van der Waals surface area (Å²) in [5, 5.41) is 18.8. The quantitative estimate of drug-likeness (QED) is 0.778. The van der Waals surface area contributed by atoms with E-state index in [-0.39, 0.29) is 12.1 Å². The van der Waals surface area contributed by atoms with Crippen LogP contribution < -0.4 is 5.32 Å². The third-order valence-electron chi connectivity index (χ3n) is 4.08. The molecule has 7 nitrogen and oxygen atoms in total. The van der Waals surface area contributed by atoms with E-state index in [0.717, 1.165) is 5.56 Å². The lowest BCUT2D eigenvalue weighted by Gasteiger charge is -2.34. The maximum Gasteiger partial charge on any atom is 0.329 e. The second-order valence-corrected chi connectivity index (χ2v) is 5.15. The molecular formula is C13H20N4O3. The molecule has 3 N–H and O–H groups in total. The van der Waals surface area contributed by atoms with E-state index >= 15 is 0 Å². The summed E-state index contributed by atoms with van der Waals surface area (Å²) in [6.07, 6.45) is 4.98. The third-order valence-corrected chi connectivity index (χ3v) is 4.08. The van der Waals surface area contributed by atoms with Crippen molar-refractivity contribution in [2.45, 2.75) is 44.7 Å². The standard InChI is InChI=1S/C13H20N4O3/c1-3-13(11(18)19)5-4-6-17(13)12(20)16-9(2)10-7-14-15-8-10/h7-9H,3-6H2,1-2H3,(H,14,15)(H,16,20)(H,18,19). The highest BCUT2D eigenvalue weighted by molar-refractivity contribution is 5.87. The largest absolute Gasteiger partial charge is 0.479 e. The van der Waals surface area contributed by atoms with Crippen LogP contribution in [-0.4, -0.2) is 44.3 Å². The fraction of sp³-hybridized carbons (Fsp3) is 0.615. The highest BCUT2D eigenvalue weighted by atomic mass is 16.4. The van der Waals surface area contributed by atoms with Gasteiger partial charge >= 0.3 is 12.0 Å². The summed E-state index contributed by atoms with van der Waals surface area (Å²) >= 11 is 0. The highest BCUT2D eigenvalue weighted by Gasteiger charge is 2.48. The van der Waals surface area contributed by atoms with Crippen molar-refractivity contribution in [2.75, 3.05) is 6.54 Å². The zero-order valence-corrected chi connectivity index (χ0v) is 11.7. The molecular weight excluding hydrogens is 260 g/mol. The van der Waals surface area contributed by atoms with E-state index in [1.807, 2.05) is 6.92 Å². The van der Waals surface area contributed by atoms with Gasteiger partial charge in [0.15, 0.2) is 0 Å². The van der Waals surface area contributed by atoms with Crippen molar-refractivity contribution in [3.05, 3.63) is 18.0 Å². The van der Waals surface area contributed by atoms with Crippen LogP contribution in [0.3, 0.4) is 0 Å². The maximum atomic E-state index is 12.4. The summed E-state index contributed by atoms with van der Waals surface area (Å²) < 4.78 is 0. The van der Waals surface area contributed by atoms with Crippen LogP contribution in [0.5, 0.6) is 0 Å². The molecule has 7 heteroatoms. The molecule has 1 aliphatic heterocycles. The molecule has 20 heavy (non-hydrogen) atoms. The van der Waals surface area contributed by atoms with Gasteiger partial charge in [-0.25, -0.2) is 9.59 Å². The molecule has 1 aromatic heterocycles. The predicted octanol–water partition coefficient (Wildman–Crippen LogP) is 1.51. The summed E-state index contributed by atoms with van der Waals surface area (Å²) in [7, 11) is 0. The van der Waals surface area contributed by atoms with Gasteiger partial charge in [-0.3, -0.25) is 5.10 Å². The van der Waals surface area contributed by atoms with E-state index in [4.69, 9.17) is 0 Å². The van der Waals surface area contributed by atoms with E-state index < -0.39 is 11.5 Å². The smallest absolute Gasteiger partial charge is 0.329 e. The summed E-state index contributed by atoms with van der Waals surface area (Å²) in [6, 6.07) is -0.550. The fourth-order valence-corrected chi connectivity index (χ4v) is 2.76. The number of rotatable bonds is 4. The number of likely N-dealkylation sites (tertiary alicyclic amines) is 1. The molecule has 1 saturated heterocycles. The van der Waals surface area contributed by atoms with Crippen molar-refractivity contribution < 1.29 is 14.7 Å². The predicted molar refractivity (Wildman–Crippen MR) is 72.1 cm³/mol. The topological polar surface area (TPSA) is 98.3 Å². The molecule has 0 saturated carbocycles. The molecule has 1 aliphatic rings. The van der Waals surface area contributed by atoms with Crippen LogP contribution in [0.15, 0.2) is 12.4 Å². The molecule has 2 atom stereocenters. The van der Waals surface area contributed by atoms with Crippen LogP contribution in [-0.2, 0) is 4.79 Å². The first-order valence-electron chi connectivity index (χ1n) is 6.81. The summed E-state index contributed by atoms with van der Waals surface area (Å²) in [5.74, 6) is -0.927. The van der Waals surface area contributed by atoms with Gasteiger partial charge in [-0.05, 0) is 26.2 Å². The van der Waals surface area contributed by atoms with Crippen LogP contribution in [0, 0.1) is 0 Å². The number of carboxylic acids is 1. The first kappa shape index (κ1) is 14.4. The number of H-pyrrole nitrogens is 1. The molecule has 0 aliphatic carbocycles. The van der Waals surface area contributed by atoms with Crippen molar-refractivity contribution in [2.24, 2.45) is 0 Å². The van der Waals surface area contributed by atoms with Gasteiger partial charge in [0.2, 0.25) is 0 Å². The average Bonchev–Trinajstić information content (AvgIpc) is 3.08. The Balaban J connectivity index is 2.10. The summed E-state index contributed by atoms with van der Waals surface area (Å²) in [4.78, 5) is 25.3. The van der Waals surface area contributed by atoms with Gasteiger partial charge in [-0.2, -0.15) is 5.10 Å². The third kappa shape index (κ3) is 2.35. The van der Waals surface area contributed by atoms with Gasteiger partial charge in [0.05, 0.1) is 12.2 Å². The molecule has 0 bridgehead atoms. The molecule has 2 heterocycles. The second kappa shape index (κ2) is 5.52. The number of aliphatic carboxylic acids is 1. The molecule has 2 amide bonds. The molecule has 2 rings (SSSR count). The van der Waals surface area contributed by atoms with Crippen molar-refractivity contribution in [1.82, 2.24) is 20.4 Å². The van der Waals surface area contributed by atoms with Gasteiger partial charge in [-0.15, -0.1) is 0 Å². The van der Waals surface area contributed by atoms with E-state index in [0.29, 0.717) is 25.8 Å². The Morgan fingerprint density at radius 2 is 2.40 bits per heavy atom. The zero-order valence-electron chi connectivity index (χ0n) is 11.7. The van der Waals surface area contributed by atoms with Crippen LogP contribution in [0.2, 0.25) is 0 Å². The van der Waals surface area contributed by atoms with Crippen LogP contribution >= 0.6 is 0 Å². The van der Waals surface area contributed by atoms with Crippen LogP contribution in [0.25, 0.3) is 0 Å². The minimum atomic E-state index is -1.07. The van der Waals surface area contributed by atoms with Crippen molar-refractivity contribution >= 4 is 12.0 Å². The summed E-state index contributed by atoms with van der Waals surface area (Å²) in [5.41, 5.74) is -0.213. The Bertz CT molecular complexity index is 488. The molecule has 0 spiro atoms. The Kier molecular flexibility index (Phi) is 3.96. The van der Waals surface area contributed by atoms with Gasteiger partial charge < -0.3 is 15.3 Å². The lowest BCUT2D eigenvalue weighted by molar-refractivity contribution is -0.148. The minimum absolute atomic E-state index is 0.217. The number of amides is 2. The molecule has 110 valence electrons. The number of carbonyl (C=O) groups is 2. The number of nitrogens with one attached hydrogen (secondary N) is 2. The number of hydrogen-bond donors (Lipinski definition) is 3. The molecule has 1 aromatic rings. The number of carboxylic acid groups (broad SMARTS) is 1. The Morgan fingerprint density at radius 1 is 1.65 bits per heavy atom. The Hall–Kier alpha value is -2.05. The SMILES string of the molecule is CCC1(C(=O)O)CCCN1C(=O)NC(C)c1cn[nH]c1. The van der Waals surface area contributed by atoms with Crippen molar-refractivity contribution in [3.8, 4) is 0 Å². The number of carbonyl (C=O) groups excluding carboxylic acids is 1. The molecule has 1 fully saturated rings. The minimum Gasteiger partial charge on any atom is -0.479 e. The second-order valence-electron chi connectivity index (χ2n) is 5.15. The average molecular weight is 280 g/mol. The molecule has 2 unspecified atom stereocenters. The van der Waals surface area contributed by atoms with Crippen molar-refractivity contribution in [1.29, 1.82) is 0 Å². The monoisotopic (exact) mass is 280 g/mol. The van der Waals surface area contributed by atoms with Crippen LogP contribution in [0.1, 0.15) is 44.7 Å². The number of hydrogen-bond acceptors (Lipinski definition) is 3. The number of urea groups is 1. The summed E-state index contributed by atoms with van der Waals surface area (Å²) in [6.45, 7) is 4.12. The zero-order chi connectivity index (χ0) is 14.8. The fourth-order valence-electron chi connectivity index (χ4n) is 2.76. The highest BCUT2D eigenvalue weighted by Crippen LogP contribution is 2.33. The van der Waals surface area contributed by atoms with E-state index in [1.54, 1.807) is 19.3 Å². The first-order valence-corrected chi connectivity index (χ1v) is 6.81. The van der Waals surface area contributed by atoms with E-state index in [9.17, 15) is 14.7 Å². The Morgan fingerprint density at radius 3 is 2.95 bits per heavy atom. The molecule has 0 aromatic carbocycles. The number of aromatic amines is 1. The van der Waals surface area contributed by atoms with E-state index in [2.05, 4.69) is 15.5 Å². The van der Waals surface area contributed by atoms with Gasteiger partial charge in [-0.1, -0.05) is 6.92 Å². The van der Waals surface area contributed by atoms with E-state index in [1.165, 1.54) is 4.90 Å². The van der Waals surface area contributed by atoms with Gasteiger partial charge in [0, 0.05) is 18.3 Å². The number of nitrogens with zero attached hydrogens (tertiary/aromatic N) is 2. The van der Waals surface area contributed by atoms with Crippen LogP contribution in [0.4, 0.5) is 4.79 Å². The Labute approximate surface area is 117 Å². The van der Waals surface area contributed by atoms with Crippen molar-refractivity contribution in [3.63, 3.8) is 0 Å².